The van der Waals surface area contributed by atoms with E-state index in [0.717, 1.165) is 27.2 Å². The number of nitrogens with one attached hydrogen (secondary N) is 1. The Morgan fingerprint density at radius 3 is 2.21 bits per heavy atom. The monoisotopic (exact) mass is 321 g/mol. The molecule has 3 heteroatoms. The third-order valence-corrected chi connectivity index (χ3v) is 3.74. The number of rotatable bonds is 1. The highest BCUT2D eigenvalue weighted by atomic mass is 16.4. The average Bonchev–Trinajstić information content (AvgIpc) is 3.03. The summed E-state index contributed by atoms with van der Waals surface area (Å²) in [6, 6.07) is 17.4. The zero-order valence-electron chi connectivity index (χ0n) is 14.6. The highest BCUT2D eigenvalue weighted by Gasteiger charge is 2.09. The molecule has 0 saturated heterocycles. The Balaban J connectivity index is 0.000000487. The predicted molar refractivity (Wildman–Crippen MR) is 103 cm³/mol. The first-order valence-electron chi connectivity index (χ1n) is 8.40. The van der Waals surface area contributed by atoms with Crippen molar-refractivity contribution in [1.29, 1.82) is 0 Å². The number of H-pyrrole nitrogens is 1. The molecule has 0 bridgehead atoms. The molecule has 1 aromatic heterocycles. The number of hydrogen-bond donors (Lipinski definition) is 2. The molecule has 2 N–H and O–H groups in total. The van der Waals surface area contributed by atoms with Gasteiger partial charge in [0.1, 0.15) is 0 Å². The number of carboxylic acids is 1. The predicted octanol–water partition coefficient (Wildman–Crippen LogP) is 6.22. The van der Waals surface area contributed by atoms with Crippen LogP contribution in [0.15, 0.2) is 54.6 Å². The van der Waals surface area contributed by atoms with Crippen molar-refractivity contribution in [3.63, 3.8) is 0 Å². The maximum Gasteiger partial charge on any atom is 0.335 e. The van der Waals surface area contributed by atoms with Gasteiger partial charge < -0.3 is 10.1 Å². The van der Waals surface area contributed by atoms with E-state index >= 15 is 0 Å². The van der Waals surface area contributed by atoms with E-state index in [2.05, 4.69) is 11.1 Å². The van der Waals surface area contributed by atoms with Crippen LogP contribution >= 0.6 is 0 Å². The molecule has 124 valence electrons. The fourth-order valence-electron chi connectivity index (χ4n) is 2.78. The lowest BCUT2D eigenvalue weighted by molar-refractivity contribution is 0.0697. The third-order valence-electron chi connectivity index (χ3n) is 3.74. The van der Waals surface area contributed by atoms with Gasteiger partial charge in [0.05, 0.1) is 11.1 Å². The minimum absolute atomic E-state index is 0.313. The van der Waals surface area contributed by atoms with Crippen LogP contribution < -0.4 is 0 Å². The number of carboxylic acid groups (broad SMARTS) is 1. The molecule has 24 heavy (non-hydrogen) atoms. The molecule has 0 aliphatic heterocycles. The van der Waals surface area contributed by atoms with Gasteiger partial charge in [0.25, 0.3) is 0 Å². The molecule has 0 amide bonds. The molecule has 0 aliphatic carbocycles. The number of carbonyl (C=O) groups is 1. The van der Waals surface area contributed by atoms with Gasteiger partial charge in [-0.25, -0.2) is 4.79 Å². The van der Waals surface area contributed by atoms with E-state index in [9.17, 15) is 4.79 Å². The molecule has 0 atom stereocenters. The first kappa shape index (κ1) is 17.5. The first-order valence-corrected chi connectivity index (χ1v) is 8.40. The molecule has 0 aliphatic rings. The molecule has 0 spiro atoms. The van der Waals surface area contributed by atoms with Crippen molar-refractivity contribution >= 4 is 38.5 Å². The quantitative estimate of drug-likeness (QED) is 0.437. The van der Waals surface area contributed by atoms with Crippen LogP contribution in [0, 0.1) is 0 Å². The van der Waals surface area contributed by atoms with Gasteiger partial charge in [-0.2, -0.15) is 0 Å². The Kier molecular flexibility index (Phi) is 5.59. The molecule has 0 saturated carbocycles. The summed E-state index contributed by atoms with van der Waals surface area (Å²) >= 11 is 0. The van der Waals surface area contributed by atoms with Crippen LogP contribution in [0.2, 0.25) is 0 Å². The van der Waals surface area contributed by atoms with Gasteiger partial charge in [-0.1, -0.05) is 64.1 Å². The lowest BCUT2D eigenvalue weighted by Gasteiger charge is -2.01. The summed E-state index contributed by atoms with van der Waals surface area (Å²) in [6.07, 6.45) is 0. The Labute approximate surface area is 141 Å². The van der Waals surface area contributed by atoms with E-state index in [1.807, 2.05) is 64.1 Å². The lowest BCUT2D eigenvalue weighted by atomic mass is 10.0. The van der Waals surface area contributed by atoms with Crippen molar-refractivity contribution in [1.82, 2.24) is 4.98 Å². The van der Waals surface area contributed by atoms with Gasteiger partial charge in [-0.05, 0) is 23.6 Å². The van der Waals surface area contributed by atoms with E-state index in [4.69, 9.17) is 5.11 Å². The minimum atomic E-state index is -0.899. The van der Waals surface area contributed by atoms with Crippen LogP contribution in [0.5, 0.6) is 0 Å². The van der Waals surface area contributed by atoms with Crippen molar-refractivity contribution < 1.29 is 9.90 Å². The van der Waals surface area contributed by atoms with Crippen molar-refractivity contribution in [3.8, 4) is 0 Å². The number of fused-ring (bicyclic) bond motifs is 5. The standard InChI is InChI=1S/C17H11NO2.2C2H6/c19-17(20)11-6-7-12-10(9-11)5-8-14-13-3-1-2-4-15(13)18-16(12)14;2*1-2/h1-9,18H,(H,19,20);2*1-2H3. The van der Waals surface area contributed by atoms with Crippen LogP contribution in [-0.2, 0) is 0 Å². The van der Waals surface area contributed by atoms with Gasteiger partial charge in [0, 0.05) is 21.7 Å². The van der Waals surface area contributed by atoms with Gasteiger partial charge in [-0.3, -0.25) is 0 Å². The summed E-state index contributed by atoms with van der Waals surface area (Å²) in [6.45, 7) is 8.00. The van der Waals surface area contributed by atoms with Crippen molar-refractivity contribution in [2.45, 2.75) is 27.7 Å². The zero-order valence-corrected chi connectivity index (χ0v) is 14.6. The number of para-hydroxylation sites is 1. The Morgan fingerprint density at radius 1 is 0.833 bits per heavy atom. The minimum Gasteiger partial charge on any atom is -0.478 e. The summed E-state index contributed by atoms with van der Waals surface area (Å²) in [7, 11) is 0. The van der Waals surface area contributed by atoms with Crippen LogP contribution in [-0.4, -0.2) is 16.1 Å². The lowest BCUT2D eigenvalue weighted by Crippen LogP contribution is -1.95. The number of aromatic carboxylic acids is 1. The SMILES string of the molecule is CC.CC.O=C(O)c1ccc2c(ccc3c4ccccc4[nH]c23)c1. The molecule has 3 nitrogen and oxygen atoms in total. The number of aromatic nitrogens is 1. The van der Waals surface area contributed by atoms with E-state index in [-0.39, 0.29) is 0 Å². The molecule has 0 unspecified atom stereocenters. The molecule has 4 rings (SSSR count). The van der Waals surface area contributed by atoms with E-state index < -0.39 is 5.97 Å². The number of benzene rings is 3. The van der Waals surface area contributed by atoms with Gasteiger partial charge >= 0.3 is 5.97 Å². The highest BCUT2D eigenvalue weighted by Crippen LogP contribution is 2.31. The summed E-state index contributed by atoms with van der Waals surface area (Å²) in [4.78, 5) is 14.5. The molecule has 4 aromatic rings. The normalized spacial score (nSPS) is 10.0. The number of aromatic amines is 1. The molecule has 3 aromatic carbocycles. The maximum atomic E-state index is 11.0. The van der Waals surface area contributed by atoms with Gasteiger partial charge in [-0.15, -0.1) is 0 Å². The van der Waals surface area contributed by atoms with E-state index in [0.29, 0.717) is 5.56 Å². The fraction of sp³-hybridized carbons (Fsp3) is 0.190. The second-order valence-electron chi connectivity index (χ2n) is 4.90. The summed E-state index contributed by atoms with van der Waals surface area (Å²) < 4.78 is 0. The molecule has 0 radical (unpaired) electrons. The van der Waals surface area contributed by atoms with Crippen molar-refractivity contribution in [3.05, 3.63) is 60.2 Å². The smallest absolute Gasteiger partial charge is 0.335 e. The molecular formula is C21H23NO2. The van der Waals surface area contributed by atoms with Crippen molar-refractivity contribution in [2.24, 2.45) is 0 Å². The van der Waals surface area contributed by atoms with E-state index in [1.165, 1.54) is 5.39 Å². The second-order valence-corrected chi connectivity index (χ2v) is 4.90. The second kappa shape index (κ2) is 7.64. The summed E-state index contributed by atoms with van der Waals surface area (Å²) in [5.41, 5.74) is 2.46. The summed E-state index contributed by atoms with van der Waals surface area (Å²) in [5.74, 6) is -0.899. The third kappa shape index (κ3) is 2.98. The Morgan fingerprint density at radius 2 is 1.50 bits per heavy atom. The van der Waals surface area contributed by atoms with Crippen LogP contribution in [0.3, 0.4) is 0 Å². The molecular weight excluding hydrogens is 298 g/mol. The van der Waals surface area contributed by atoms with Gasteiger partial charge in [0.15, 0.2) is 0 Å². The summed E-state index contributed by atoms with van der Waals surface area (Å²) in [5, 5.41) is 13.4. The average molecular weight is 321 g/mol. The fourth-order valence-corrected chi connectivity index (χ4v) is 2.78. The van der Waals surface area contributed by atoms with E-state index in [1.54, 1.807) is 12.1 Å². The van der Waals surface area contributed by atoms with Crippen LogP contribution in [0.1, 0.15) is 38.1 Å². The van der Waals surface area contributed by atoms with Crippen molar-refractivity contribution in [2.75, 3.05) is 0 Å². The topological polar surface area (TPSA) is 53.1 Å². The Hall–Kier alpha value is -2.81. The maximum absolute atomic E-state index is 11.0. The van der Waals surface area contributed by atoms with Gasteiger partial charge in [0.2, 0.25) is 0 Å². The first-order chi connectivity index (χ1) is 11.7. The molecule has 0 fully saturated rings. The highest BCUT2D eigenvalue weighted by molar-refractivity contribution is 6.17. The van der Waals surface area contributed by atoms with Crippen LogP contribution in [0.4, 0.5) is 0 Å². The van der Waals surface area contributed by atoms with Crippen LogP contribution in [0.25, 0.3) is 32.6 Å². The molecule has 1 heterocycles. The Bertz CT molecular complexity index is 983. The largest absolute Gasteiger partial charge is 0.478 e. The zero-order chi connectivity index (χ0) is 17.7. The number of hydrogen-bond acceptors (Lipinski definition) is 1.